The maximum absolute atomic E-state index is 8.54. The molecule has 0 spiro atoms. The van der Waals surface area contributed by atoms with Gasteiger partial charge in [-0.3, -0.25) is 6.08 Å². The summed E-state index contributed by atoms with van der Waals surface area (Å²) in [7, 11) is 0. The maximum atomic E-state index is 8.54. The van der Waals surface area contributed by atoms with Crippen LogP contribution in [0.15, 0.2) is 47.1 Å². The minimum atomic E-state index is 0. The molecule has 1 aliphatic rings. The topological polar surface area (TPSA) is 20.2 Å². The van der Waals surface area contributed by atoms with Crippen molar-refractivity contribution in [3.63, 3.8) is 0 Å². The summed E-state index contributed by atoms with van der Waals surface area (Å²) in [5, 5.41) is 8.54. The number of allylic oxidation sites excluding steroid dienone is 4. The average Bonchev–Trinajstić information content (AvgIpc) is 2.58. The van der Waals surface area contributed by atoms with Gasteiger partial charge >= 0.3 is 0 Å². The normalized spacial score (nSPS) is 17.6. The van der Waals surface area contributed by atoms with Crippen molar-refractivity contribution in [1.29, 1.82) is 0 Å². The smallest absolute Gasteiger partial charge is 0.0681 e. The van der Waals surface area contributed by atoms with E-state index >= 15 is 0 Å². The molecule has 1 atom stereocenters. The van der Waals surface area contributed by atoms with Gasteiger partial charge in [0.05, 0.1) is 6.61 Å². The van der Waals surface area contributed by atoms with Gasteiger partial charge in [0, 0.05) is 21.7 Å². The Hall–Kier alpha value is -0.626. The number of aliphatic hydroxyl groups is 1. The number of aliphatic hydroxyl groups excluding tert-OH is 1. The molecule has 96 valence electrons. The molecule has 1 aliphatic carbocycles. The first-order chi connectivity index (χ1) is 8.06. The Morgan fingerprint density at radius 3 is 1.89 bits per heavy atom. The molecule has 2 rings (SSSR count). The van der Waals surface area contributed by atoms with Crippen molar-refractivity contribution < 1.29 is 26.8 Å². The van der Waals surface area contributed by atoms with Gasteiger partial charge in [0.25, 0.3) is 0 Å². The van der Waals surface area contributed by atoms with Gasteiger partial charge in [0.2, 0.25) is 0 Å². The van der Waals surface area contributed by atoms with Crippen LogP contribution >= 0.6 is 0 Å². The van der Waals surface area contributed by atoms with Gasteiger partial charge in [0.1, 0.15) is 0 Å². The first-order valence-electron chi connectivity index (χ1n) is 5.99. The Bertz CT molecular complexity index is 418. The SMILES string of the molecule is CC1=[C-]C(C)C(C)=C1C.OCc1ccccc1.[Ti]. The second-order valence-electron chi connectivity index (χ2n) is 4.44. The third-order valence-electron chi connectivity index (χ3n) is 3.26. The first-order valence-corrected chi connectivity index (χ1v) is 5.99. The molecule has 0 aliphatic heterocycles. The van der Waals surface area contributed by atoms with Crippen molar-refractivity contribution in [3.8, 4) is 0 Å². The van der Waals surface area contributed by atoms with E-state index in [0.717, 1.165) is 5.56 Å². The van der Waals surface area contributed by atoms with Crippen LogP contribution in [0.4, 0.5) is 0 Å². The number of rotatable bonds is 1. The third kappa shape index (κ3) is 4.93. The summed E-state index contributed by atoms with van der Waals surface area (Å²) >= 11 is 0. The van der Waals surface area contributed by atoms with Crippen LogP contribution in [0.1, 0.15) is 33.3 Å². The van der Waals surface area contributed by atoms with Gasteiger partial charge in [-0.05, 0) is 5.56 Å². The molecular weight excluding hydrogens is 256 g/mol. The number of hydrogen-bond acceptors (Lipinski definition) is 1. The van der Waals surface area contributed by atoms with Crippen LogP contribution in [0.3, 0.4) is 0 Å². The monoisotopic (exact) mass is 277 g/mol. The second-order valence-corrected chi connectivity index (χ2v) is 4.44. The summed E-state index contributed by atoms with van der Waals surface area (Å²) in [5.74, 6) is 0.560. The zero-order chi connectivity index (χ0) is 12.8. The minimum Gasteiger partial charge on any atom is -0.392 e. The molecule has 1 N–H and O–H groups in total. The fourth-order valence-electron chi connectivity index (χ4n) is 1.75. The van der Waals surface area contributed by atoms with Gasteiger partial charge in [0.15, 0.2) is 0 Å². The molecule has 0 saturated carbocycles. The second kappa shape index (κ2) is 8.47. The maximum Gasteiger partial charge on any atom is 0.0681 e. The molecule has 0 radical (unpaired) electrons. The van der Waals surface area contributed by atoms with Gasteiger partial charge in [-0.25, -0.2) is 5.57 Å². The summed E-state index contributed by atoms with van der Waals surface area (Å²) in [6.45, 7) is 8.81. The fraction of sp³-hybridized carbons (Fsp3) is 0.375. The van der Waals surface area contributed by atoms with E-state index in [1.807, 2.05) is 30.3 Å². The third-order valence-corrected chi connectivity index (χ3v) is 3.26. The Balaban J connectivity index is 0.000000306. The summed E-state index contributed by atoms with van der Waals surface area (Å²) in [5.41, 5.74) is 5.21. The average molecular weight is 277 g/mol. The van der Waals surface area contributed by atoms with Crippen LogP contribution in [0.2, 0.25) is 0 Å². The molecule has 0 fully saturated rings. The molecule has 0 saturated heterocycles. The zero-order valence-electron chi connectivity index (χ0n) is 11.6. The van der Waals surface area contributed by atoms with Crippen LogP contribution in [0, 0.1) is 12.0 Å². The van der Waals surface area contributed by atoms with Crippen LogP contribution in [-0.4, -0.2) is 5.11 Å². The van der Waals surface area contributed by atoms with Crippen molar-refractivity contribution >= 4 is 0 Å². The van der Waals surface area contributed by atoms with E-state index in [2.05, 4.69) is 33.8 Å². The zero-order valence-corrected chi connectivity index (χ0v) is 13.2. The summed E-state index contributed by atoms with van der Waals surface area (Å²) in [6, 6.07) is 9.52. The van der Waals surface area contributed by atoms with E-state index in [-0.39, 0.29) is 28.3 Å². The molecule has 1 aromatic carbocycles. The summed E-state index contributed by atoms with van der Waals surface area (Å²) in [4.78, 5) is 0. The quantitative estimate of drug-likeness (QED) is 0.609. The molecule has 0 heterocycles. The number of hydrogen-bond donors (Lipinski definition) is 1. The van der Waals surface area contributed by atoms with Crippen molar-refractivity contribution in [2.45, 2.75) is 34.3 Å². The molecule has 18 heavy (non-hydrogen) atoms. The van der Waals surface area contributed by atoms with Crippen molar-refractivity contribution in [1.82, 2.24) is 0 Å². The summed E-state index contributed by atoms with van der Waals surface area (Å²) < 4.78 is 0. The van der Waals surface area contributed by atoms with E-state index in [0.29, 0.717) is 5.92 Å². The molecular formula is C16H21OTi-. The molecule has 1 aromatic rings. The van der Waals surface area contributed by atoms with E-state index in [1.165, 1.54) is 16.7 Å². The van der Waals surface area contributed by atoms with Gasteiger partial charge in [-0.2, -0.15) is 11.1 Å². The van der Waals surface area contributed by atoms with Crippen LogP contribution in [0.5, 0.6) is 0 Å². The van der Waals surface area contributed by atoms with E-state index in [1.54, 1.807) is 0 Å². The molecule has 1 nitrogen and oxygen atoms in total. The molecule has 0 amide bonds. The summed E-state index contributed by atoms with van der Waals surface area (Å²) in [6.07, 6.45) is 3.36. The van der Waals surface area contributed by atoms with Gasteiger partial charge in [-0.15, -0.1) is 6.92 Å². The Labute approximate surface area is 126 Å². The van der Waals surface area contributed by atoms with Gasteiger partial charge in [-0.1, -0.05) is 57.0 Å². The standard InChI is InChI=1S/C9H13.C7H8O.Ti/c1-6-5-7(2)9(4)8(6)3;8-6-7-4-2-1-3-5-7;/h6H,1-4H3;1-5,8H,6H2;/q-1;;. The predicted molar refractivity (Wildman–Crippen MR) is 72.3 cm³/mol. The molecule has 2 heteroatoms. The minimum absolute atomic E-state index is 0. The number of benzene rings is 1. The van der Waals surface area contributed by atoms with Gasteiger partial charge < -0.3 is 5.11 Å². The molecule has 1 unspecified atom stereocenters. The van der Waals surface area contributed by atoms with E-state index in [4.69, 9.17) is 5.11 Å². The molecule has 0 bridgehead atoms. The molecule has 0 aromatic heterocycles. The van der Waals surface area contributed by atoms with Crippen molar-refractivity contribution in [2.75, 3.05) is 0 Å². The van der Waals surface area contributed by atoms with Crippen LogP contribution < -0.4 is 0 Å². The Kier molecular flexibility index (Phi) is 8.18. The van der Waals surface area contributed by atoms with Crippen LogP contribution in [0.25, 0.3) is 0 Å². The Morgan fingerprint density at radius 1 is 1.11 bits per heavy atom. The van der Waals surface area contributed by atoms with Crippen molar-refractivity contribution in [3.05, 3.63) is 58.7 Å². The predicted octanol–water partition coefficient (Wildman–Crippen LogP) is 3.90. The van der Waals surface area contributed by atoms with E-state index < -0.39 is 0 Å². The van der Waals surface area contributed by atoms with E-state index in [9.17, 15) is 0 Å². The van der Waals surface area contributed by atoms with Crippen molar-refractivity contribution in [2.24, 2.45) is 5.92 Å². The largest absolute Gasteiger partial charge is 0.392 e. The van der Waals surface area contributed by atoms with Crippen LogP contribution in [-0.2, 0) is 28.3 Å². The Morgan fingerprint density at radius 2 is 1.67 bits per heavy atom. The first kappa shape index (κ1) is 17.4. The fourth-order valence-corrected chi connectivity index (χ4v) is 1.75.